The molecule has 0 unspecified atom stereocenters. The molecule has 2 aromatic rings. The predicted octanol–water partition coefficient (Wildman–Crippen LogP) is 2.05. The lowest BCUT2D eigenvalue weighted by molar-refractivity contribution is 0.0518. The second kappa shape index (κ2) is 5.75. The molecule has 19 heavy (non-hydrogen) atoms. The number of nitrogens with zero attached hydrogens (tertiary/aromatic N) is 1. The number of hydrogen-bond acceptors (Lipinski definition) is 3. The van der Waals surface area contributed by atoms with E-state index in [1.165, 1.54) is 10.7 Å². The number of esters is 1. The van der Waals surface area contributed by atoms with Gasteiger partial charge in [-0.05, 0) is 18.6 Å². The summed E-state index contributed by atoms with van der Waals surface area (Å²) >= 11 is 6.02. The zero-order valence-corrected chi connectivity index (χ0v) is 11.1. The van der Waals surface area contributed by atoms with Gasteiger partial charge in [0.25, 0.3) is 5.56 Å². The summed E-state index contributed by atoms with van der Waals surface area (Å²) in [6.07, 6.45) is 0. The van der Waals surface area contributed by atoms with Crippen LogP contribution in [0.4, 0.5) is 0 Å². The van der Waals surface area contributed by atoms with Gasteiger partial charge in [-0.2, -0.15) is 0 Å². The molecule has 1 heterocycles. The van der Waals surface area contributed by atoms with E-state index in [2.05, 4.69) is 5.10 Å². The number of aromatic nitrogens is 2. The van der Waals surface area contributed by atoms with Crippen molar-refractivity contribution in [1.29, 1.82) is 0 Å². The summed E-state index contributed by atoms with van der Waals surface area (Å²) in [4.78, 5) is 23.2. The Bertz CT molecular complexity index is 645. The third-order valence-corrected chi connectivity index (χ3v) is 2.94. The molecule has 0 saturated heterocycles. The highest BCUT2D eigenvalue weighted by molar-refractivity contribution is 6.31. The van der Waals surface area contributed by atoms with Crippen LogP contribution in [0, 0.1) is 0 Å². The second-order valence-corrected chi connectivity index (χ2v) is 4.31. The Balaban J connectivity index is 2.25. The first-order valence-electron chi connectivity index (χ1n) is 5.82. The molecule has 1 aromatic carbocycles. The minimum Gasteiger partial charge on any atom is -0.461 e. The minimum atomic E-state index is -0.544. The number of nitrogens with one attached hydrogen (secondary N) is 1. The van der Waals surface area contributed by atoms with Crippen LogP contribution in [-0.4, -0.2) is 22.4 Å². The number of carbonyl (C=O) groups excluding carboxylic acids is 1. The predicted molar refractivity (Wildman–Crippen MR) is 71.6 cm³/mol. The maximum Gasteiger partial charge on any atom is 0.356 e. The van der Waals surface area contributed by atoms with Crippen LogP contribution in [0.25, 0.3) is 0 Å². The Kier molecular flexibility index (Phi) is 4.06. The van der Waals surface area contributed by atoms with Gasteiger partial charge in [-0.25, -0.2) is 9.48 Å². The molecular formula is C13H13ClN2O3. The highest BCUT2D eigenvalue weighted by Crippen LogP contribution is 2.15. The van der Waals surface area contributed by atoms with Crippen molar-refractivity contribution in [1.82, 2.24) is 9.78 Å². The lowest BCUT2D eigenvalue weighted by Gasteiger charge is -2.04. The molecular weight excluding hydrogens is 268 g/mol. The third-order valence-electron chi connectivity index (χ3n) is 2.57. The van der Waals surface area contributed by atoms with Gasteiger partial charge < -0.3 is 4.74 Å². The Morgan fingerprint density at radius 3 is 2.84 bits per heavy atom. The van der Waals surface area contributed by atoms with E-state index in [1.807, 2.05) is 18.2 Å². The molecule has 6 heteroatoms. The molecule has 0 aliphatic carbocycles. The van der Waals surface area contributed by atoms with Gasteiger partial charge in [0.15, 0.2) is 0 Å². The van der Waals surface area contributed by atoms with Crippen LogP contribution in [0.2, 0.25) is 5.02 Å². The van der Waals surface area contributed by atoms with Crippen molar-refractivity contribution in [2.45, 2.75) is 13.5 Å². The van der Waals surface area contributed by atoms with Crippen molar-refractivity contribution in [3.63, 3.8) is 0 Å². The standard InChI is InChI=1S/C13H13ClN2O3/c1-2-19-13(18)11-7-12(17)16(15-11)8-9-5-3-4-6-10(9)14/h3-7,15H,2,8H2,1H3. The smallest absolute Gasteiger partial charge is 0.356 e. The van der Waals surface area contributed by atoms with Crippen LogP contribution in [-0.2, 0) is 11.3 Å². The summed E-state index contributed by atoms with van der Waals surface area (Å²) in [7, 11) is 0. The fourth-order valence-corrected chi connectivity index (χ4v) is 1.86. The van der Waals surface area contributed by atoms with Crippen molar-refractivity contribution >= 4 is 17.6 Å². The molecule has 5 nitrogen and oxygen atoms in total. The van der Waals surface area contributed by atoms with E-state index >= 15 is 0 Å². The summed E-state index contributed by atoms with van der Waals surface area (Å²) in [5.74, 6) is -0.544. The zero-order valence-electron chi connectivity index (χ0n) is 10.4. The molecule has 1 N–H and O–H groups in total. The first-order chi connectivity index (χ1) is 9.11. The molecule has 0 fully saturated rings. The van der Waals surface area contributed by atoms with E-state index in [9.17, 15) is 9.59 Å². The van der Waals surface area contributed by atoms with Crippen molar-refractivity contribution in [3.8, 4) is 0 Å². The maximum atomic E-state index is 11.7. The molecule has 1 aromatic heterocycles. The minimum absolute atomic E-state index is 0.138. The van der Waals surface area contributed by atoms with Crippen molar-refractivity contribution in [3.05, 3.63) is 57.0 Å². The molecule has 0 aliphatic heterocycles. The van der Waals surface area contributed by atoms with Gasteiger partial charge in [-0.15, -0.1) is 0 Å². The molecule has 0 spiro atoms. The highest BCUT2D eigenvalue weighted by Gasteiger charge is 2.12. The average Bonchev–Trinajstić information content (AvgIpc) is 2.74. The normalized spacial score (nSPS) is 10.4. The largest absolute Gasteiger partial charge is 0.461 e. The van der Waals surface area contributed by atoms with Crippen molar-refractivity contribution in [2.75, 3.05) is 6.61 Å². The molecule has 0 radical (unpaired) electrons. The van der Waals surface area contributed by atoms with Gasteiger partial charge >= 0.3 is 5.97 Å². The number of rotatable bonds is 4. The number of benzene rings is 1. The first kappa shape index (κ1) is 13.4. The van der Waals surface area contributed by atoms with Gasteiger partial charge in [0.1, 0.15) is 5.69 Å². The number of halogens is 1. The second-order valence-electron chi connectivity index (χ2n) is 3.91. The van der Waals surface area contributed by atoms with E-state index in [4.69, 9.17) is 16.3 Å². The fourth-order valence-electron chi connectivity index (χ4n) is 1.66. The molecule has 0 amide bonds. The van der Waals surface area contributed by atoms with Gasteiger partial charge in [0.05, 0.1) is 13.2 Å². The molecule has 100 valence electrons. The molecule has 0 saturated carbocycles. The van der Waals surface area contributed by atoms with Gasteiger partial charge in [-0.1, -0.05) is 29.8 Å². The van der Waals surface area contributed by atoms with Crippen LogP contribution < -0.4 is 5.56 Å². The highest BCUT2D eigenvalue weighted by atomic mass is 35.5. The summed E-state index contributed by atoms with van der Waals surface area (Å²) < 4.78 is 6.13. The van der Waals surface area contributed by atoms with Gasteiger partial charge in [0.2, 0.25) is 0 Å². The zero-order chi connectivity index (χ0) is 13.8. The summed E-state index contributed by atoms with van der Waals surface area (Å²) in [5, 5.41) is 3.28. The summed E-state index contributed by atoms with van der Waals surface area (Å²) in [6, 6.07) is 8.43. The molecule has 0 bridgehead atoms. The van der Waals surface area contributed by atoms with E-state index in [1.54, 1.807) is 13.0 Å². The van der Waals surface area contributed by atoms with Crippen LogP contribution in [0.5, 0.6) is 0 Å². The van der Waals surface area contributed by atoms with E-state index in [0.717, 1.165) is 5.56 Å². The Morgan fingerprint density at radius 1 is 1.42 bits per heavy atom. The number of aromatic amines is 1. The van der Waals surface area contributed by atoms with E-state index < -0.39 is 5.97 Å². The lowest BCUT2D eigenvalue weighted by atomic mass is 10.2. The topological polar surface area (TPSA) is 64.1 Å². The van der Waals surface area contributed by atoms with E-state index in [-0.39, 0.29) is 24.4 Å². The van der Waals surface area contributed by atoms with Crippen molar-refractivity contribution in [2.24, 2.45) is 0 Å². The Labute approximate surface area is 114 Å². The quantitative estimate of drug-likeness (QED) is 0.872. The summed E-state index contributed by atoms with van der Waals surface area (Å²) in [5.41, 5.74) is 0.630. The third kappa shape index (κ3) is 3.06. The average molecular weight is 281 g/mol. The Morgan fingerprint density at radius 2 is 2.16 bits per heavy atom. The van der Waals surface area contributed by atoms with Gasteiger partial charge in [0, 0.05) is 11.1 Å². The molecule has 0 atom stereocenters. The maximum absolute atomic E-state index is 11.7. The molecule has 0 aliphatic rings. The lowest BCUT2D eigenvalue weighted by Crippen LogP contribution is -2.16. The number of carbonyl (C=O) groups is 1. The number of H-pyrrole nitrogens is 1. The monoisotopic (exact) mass is 280 g/mol. The van der Waals surface area contributed by atoms with Crippen LogP contribution in [0.3, 0.4) is 0 Å². The van der Waals surface area contributed by atoms with Gasteiger partial charge in [-0.3, -0.25) is 9.89 Å². The Hall–Kier alpha value is -2.01. The summed E-state index contributed by atoms with van der Waals surface area (Å²) in [6.45, 7) is 2.24. The van der Waals surface area contributed by atoms with Crippen molar-refractivity contribution < 1.29 is 9.53 Å². The van der Waals surface area contributed by atoms with Crippen LogP contribution >= 0.6 is 11.6 Å². The van der Waals surface area contributed by atoms with Crippen LogP contribution in [0.1, 0.15) is 23.0 Å². The number of hydrogen-bond donors (Lipinski definition) is 1. The van der Waals surface area contributed by atoms with E-state index in [0.29, 0.717) is 5.02 Å². The van der Waals surface area contributed by atoms with Crippen LogP contribution in [0.15, 0.2) is 35.1 Å². The first-order valence-corrected chi connectivity index (χ1v) is 6.20. The number of ether oxygens (including phenoxy) is 1. The SMILES string of the molecule is CCOC(=O)c1cc(=O)n(Cc2ccccc2Cl)[nH]1. The molecule has 2 rings (SSSR count). The fraction of sp³-hybridized carbons (Fsp3) is 0.231.